The molecule has 0 aliphatic rings. The number of nitrogens with zero attached hydrogens (tertiary/aromatic N) is 5. The molecule has 8 nitrogen and oxygen atoms in total. The summed E-state index contributed by atoms with van der Waals surface area (Å²) in [6.07, 6.45) is 1.21. The van der Waals surface area contributed by atoms with E-state index in [4.69, 9.17) is 0 Å². The van der Waals surface area contributed by atoms with Crippen molar-refractivity contribution in [3.8, 4) is 11.6 Å². The van der Waals surface area contributed by atoms with Crippen molar-refractivity contribution in [2.75, 3.05) is 6.61 Å². The van der Waals surface area contributed by atoms with E-state index in [9.17, 15) is 15.2 Å². The second-order valence-corrected chi connectivity index (χ2v) is 4.56. The minimum absolute atomic E-state index is 0.0557. The highest BCUT2D eigenvalue weighted by atomic mass is 16.6. The number of aromatic nitrogens is 4. The molecule has 108 valence electrons. The highest BCUT2D eigenvalue weighted by molar-refractivity contribution is 5.79. The fourth-order valence-corrected chi connectivity index (χ4v) is 2.35. The molecule has 1 aromatic carbocycles. The number of fused-ring (bicyclic) bond motifs is 1. The van der Waals surface area contributed by atoms with E-state index in [2.05, 4.69) is 9.97 Å². The van der Waals surface area contributed by atoms with Crippen LogP contribution >= 0.6 is 0 Å². The number of para-hydroxylation sites is 2. The molecular formula is C13H13N5O3. The predicted molar refractivity (Wildman–Crippen MR) is 75.7 cm³/mol. The number of hydrogen-bond donors (Lipinski definition) is 1. The summed E-state index contributed by atoms with van der Waals surface area (Å²) in [5.74, 6) is 0.791. The lowest BCUT2D eigenvalue weighted by molar-refractivity contribution is -0.391. The van der Waals surface area contributed by atoms with E-state index in [0.29, 0.717) is 18.2 Å². The van der Waals surface area contributed by atoms with Gasteiger partial charge in [-0.1, -0.05) is 12.1 Å². The van der Waals surface area contributed by atoms with E-state index in [-0.39, 0.29) is 12.4 Å². The molecule has 0 bridgehead atoms. The number of nitro groups is 1. The topological polar surface area (TPSA) is 99.0 Å². The van der Waals surface area contributed by atoms with Gasteiger partial charge in [0.05, 0.1) is 24.7 Å². The average Bonchev–Trinajstić information content (AvgIpc) is 3.01. The third kappa shape index (κ3) is 2.05. The number of aliphatic hydroxyl groups excluding tert-OH is 1. The first-order chi connectivity index (χ1) is 10.1. The summed E-state index contributed by atoms with van der Waals surface area (Å²) >= 11 is 0. The molecule has 1 N–H and O–H groups in total. The molecule has 0 saturated heterocycles. The van der Waals surface area contributed by atoms with Crippen LogP contribution in [0.3, 0.4) is 0 Å². The van der Waals surface area contributed by atoms with Gasteiger partial charge in [0, 0.05) is 6.54 Å². The van der Waals surface area contributed by atoms with E-state index < -0.39 is 4.92 Å². The molecule has 2 aromatic heterocycles. The molecule has 0 unspecified atom stereocenters. The third-order valence-corrected chi connectivity index (χ3v) is 3.33. The molecule has 0 radical (unpaired) electrons. The first kappa shape index (κ1) is 13.3. The predicted octanol–water partition coefficient (Wildman–Crippen LogP) is 1.34. The zero-order chi connectivity index (χ0) is 15.0. The van der Waals surface area contributed by atoms with Gasteiger partial charge in [0.2, 0.25) is 5.82 Å². The van der Waals surface area contributed by atoms with Crippen LogP contribution in [-0.2, 0) is 13.6 Å². The molecule has 0 spiro atoms. The molecule has 0 amide bonds. The molecule has 0 aliphatic heterocycles. The Hall–Kier alpha value is -2.74. The second-order valence-electron chi connectivity index (χ2n) is 4.56. The average molecular weight is 287 g/mol. The fourth-order valence-electron chi connectivity index (χ4n) is 2.35. The van der Waals surface area contributed by atoms with Crippen molar-refractivity contribution < 1.29 is 10.0 Å². The van der Waals surface area contributed by atoms with Crippen LogP contribution in [0.25, 0.3) is 22.7 Å². The van der Waals surface area contributed by atoms with Gasteiger partial charge in [-0.15, -0.1) is 0 Å². The van der Waals surface area contributed by atoms with Gasteiger partial charge in [0.15, 0.2) is 0 Å². The van der Waals surface area contributed by atoms with Gasteiger partial charge in [-0.05, 0) is 17.1 Å². The summed E-state index contributed by atoms with van der Waals surface area (Å²) in [5.41, 5.74) is 1.61. The molecule has 0 saturated carbocycles. The summed E-state index contributed by atoms with van der Waals surface area (Å²) in [5, 5.41) is 20.2. The fraction of sp³-hybridized carbons (Fsp3) is 0.231. The van der Waals surface area contributed by atoms with Gasteiger partial charge in [-0.2, -0.15) is 0 Å². The SMILES string of the molecule is Cn1c([N+](=O)[O-])cnc1-c1nc2ccccc2n1CCO. The lowest BCUT2D eigenvalue weighted by atomic mass is 10.3. The molecule has 21 heavy (non-hydrogen) atoms. The van der Waals surface area contributed by atoms with Crippen LogP contribution in [0.4, 0.5) is 5.82 Å². The lowest BCUT2D eigenvalue weighted by Crippen LogP contribution is -2.07. The minimum Gasteiger partial charge on any atom is -0.395 e. The van der Waals surface area contributed by atoms with Crippen LogP contribution < -0.4 is 0 Å². The summed E-state index contributed by atoms with van der Waals surface area (Å²) in [7, 11) is 1.57. The summed E-state index contributed by atoms with van der Waals surface area (Å²) in [6.45, 7) is 0.288. The zero-order valence-corrected chi connectivity index (χ0v) is 11.3. The number of benzene rings is 1. The quantitative estimate of drug-likeness (QED) is 0.576. The summed E-state index contributed by atoms with van der Waals surface area (Å²) < 4.78 is 3.19. The van der Waals surface area contributed by atoms with Gasteiger partial charge < -0.3 is 19.8 Å². The maximum absolute atomic E-state index is 10.9. The molecule has 0 aliphatic carbocycles. The molecule has 0 atom stereocenters. The van der Waals surface area contributed by atoms with E-state index >= 15 is 0 Å². The Morgan fingerprint density at radius 2 is 2.10 bits per heavy atom. The highest BCUT2D eigenvalue weighted by Crippen LogP contribution is 2.26. The number of rotatable bonds is 4. The molecule has 0 fully saturated rings. The third-order valence-electron chi connectivity index (χ3n) is 3.33. The van der Waals surface area contributed by atoms with Crippen LogP contribution in [-0.4, -0.2) is 35.7 Å². The number of imidazole rings is 2. The van der Waals surface area contributed by atoms with Gasteiger partial charge in [-0.25, -0.2) is 14.5 Å². The van der Waals surface area contributed by atoms with Crippen molar-refractivity contribution in [3.05, 3.63) is 40.6 Å². The molecule has 8 heteroatoms. The Bertz CT molecular complexity index is 820. The van der Waals surface area contributed by atoms with Crippen LogP contribution in [0.15, 0.2) is 30.5 Å². The molecule has 2 heterocycles. The van der Waals surface area contributed by atoms with Gasteiger partial charge in [0.1, 0.15) is 6.20 Å². The maximum atomic E-state index is 10.9. The van der Waals surface area contributed by atoms with Crippen LogP contribution in [0.2, 0.25) is 0 Å². The Balaban J connectivity index is 2.24. The van der Waals surface area contributed by atoms with Crippen molar-refractivity contribution in [2.45, 2.75) is 6.54 Å². The first-order valence-corrected chi connectivity index (χ1v) is 6.36. The number of hydrogen-bond acceptors (Lipinski definition) is 5. The van der Waals surface area contributed by atoms with Gasteiger partial charge in [-0.3, -0.25) is 0 Å². The standard InChI is InChI=1S/C13H13N5O3/c1-16-11(18(20)21)8-14-12(16)13-15-9-4-2-3-5-10(9)17(13)6-7-19/h2-5,8,19H,6-7H2,1H3. The van der Waals surface area contributed by atoms with Crippen molar-refractivity contribution in [3.63, 3.8) is 0 Å². The van der Waals surface area contributed by atoms with E-state index in [1.807, 2.05) is 24.3 Å². The van der Waals surface area contributed by atoms with Crippen LogP contribution in [0.5, 0.6) is 0 Å². The molecule has 3 aromatic rings. The van der Waals surface area contributed by atoms with Crippen molar-refractivity contribution >= 4 is 16.9 Å². The Morgan fingerprint density at radius 3 is 2.76 bits per heavy atom. The van der Waals surface area contributed by atoms with Crippen LogP contribution in [0.1, 0.15) is 0 Å². The minimum atomic E-state index is -0.491. The Morgan fingerprint density at radius 1 is 1.33 bits per heavy atom. The summed E-state index contributed by atoms with van der Waals surface area (Å²) in [4.78, 5) is 19.0. The molecule has 3 rings (SSSR count). The highest BCUT2D eigenvalue weighted by Gasteiger charge is 2.23. The smallest absolute Gasteiger partial charge is 0.343 e. The largest absolute Gasteiger partial charge is 0.395 e. The van der Waals surface area contributed by atoms with Crippen LogP contribution in [0, 0.1) is 10.1 Å². The Kier molecular flexibility index (Phi) is 3.15. The number of aliphatic hydroxyl groups is 1. The second kappa shape index (κ2) is 4.98. The monoisotopic (exact) mass is 287 g/mol. The van der Waals surface area contributed by atoms with Crippen molar-refractivity contribution in [2.24, 2.45) is 7.05 Å². The van der Waals surface area contributed by atoms with E-state index in [1.54, 1.807) is 11.6 Å². The maximum Gasteiger partial charge on any atom is 0.343 e. The zero-order valence-electron chi connectivity index (χ0n) is 11.3. The molecular weight excluding hydrogens is 274 g/mol. The first-order valence-electron chi connectivity index (χ1n) is 6.36. The lowest BCUT2D eigenvalue weighted by Gasteiger charge is -2.05. The Labute approximate surface area is 119 Å². The van der Waals surface area contributed by atoms with E-state index in [0.717, 1.165) is 11.0 Å². The van der Waals surface area contributed by atoms with Gasteiger partial charge >= 0.3 is 5.82 Å². The van der Waals surface area contributed by atoms with Crippen molar-refractivity contribution in [1.29, 1.82) is 0 Å². The van der Waals surface area contributed by atoms with E-state index in [1.165, 1.54) is 10.8 Å². The summed E-state index contributed by atoms with van der Waals surface area (Å²) in [6, 6.07) is 7.48. The van der Waals surface area contributed by atoms with Gasteiger partial charge in [0.25, 0.3) is 5.82 Å². The normalized spacial score (nSPS) is 11.1. The van der Waals surface area contributed by atoms with Crippen molar-refractivity contribution in [1.82, 2.24) is 19.1 Å².